The molecule has 0 saturated heterocycles. The summed E-state index contributed by atoms with van der Waals surface area (Å²) in [6, 6.07) is 11.4. The van der Waals surface area contributed by atoms with Gasteiger partial charge in [0.1, 0.15) is 5.75 Å². The SMILES string of the molecule is CC(=O)O.COC=C1CC=Cc2ccc(C#Cc3ccc(OC(F)(F)F)cc3)cc21. The summed E-state index contributed by atoms with van der Waals surface area (Å²) in [5.74, 6) is 4.89. The third kappa shape index (κ3) is 7.40. The maximum absolute atomic E-state index is 12.2. The summed E-state index contributed by atoms with van der Waals surface area (Å²) in [5, 5.41) is 7.42. The first-order valence-electron chi connectivity index (χ1n) is 8.78. The Labute approximate surface area is 172 Å². The fourth-order valence-electron chi connectivity index (χ4n) is 2.62. The Bertz CT molecular complexity index is 1000. The van der Waals surface area contributed by atoms with Gasteiger partial charge in [0.15, 0.2) is 0 Å². The minimum Gasteiger partial charge on any atom is -0.504 e. The predicted octanol–water partition coefficient (Wildman–Crippen LogP) is 5.48. The Hall–Kier alpha value is -3.66. The normalized spacial score (nSPS) is 13.3. The second kappa shape index (κ2) is 10.2. The first-order chi connectivity index (χ1) is 14.2. The van der Waals surface area contributed by atoms with Crippen LogP contribution in [-0.4, -0.2) is 24.5 Å². The lowest BCUT2D eigenvalue weighted by atomic mass is 9.91. The standard InChI is InChI=1S/C21H15F3O2.C2H4O2/c1-25-14-18-4-2-3-17-10-7-16(13-20(17)18)6-5-15-8-11-19(12-9-15)26-21(22,23)24;1-2(3)4/h2-3,7-14H,4H2,1H3;1H3,(H,3,4). The average molecular weight is 416 g/mol. The monoisotopic (exact) mass is 416 g/mol. The summed E-state index contributed by atoms with van der Waals surface area (Å²) in [7, 11) is 1.61. The molecule has 156 valence electrons. The van der Waals surface area contributed by atoms with Crippen molar-refractivity contribution in [1.82, 2.24) is 0 Å². The molecule has 0 spiro atoms. The zero-order chi connectivity index (χ0) is 22.1. The van der Waals surface area contributed by atoms with Crippen LogP contribution in [-0.2, 0) is 9.53 Å². The molecule has 4 nitrogen and oxygen atoms in total. The Morgan fingerprint density at radius 1 is 1.10 bits per heavy atom. The van der Waals surface area contributed by atoms with Crippen molar-refractivity contribution in [3.05, 3.63) is 77.1 Å². The van der Waals surface area contributed by atoms with Crippen LogP contribution in [0.3, 0.4) is 0 Å². The number of hydrogen-bond donors (Lipinski definition) is 1. The molecule has 0 aromatic heterocycles. The van der Waals surface area contributed by atoms with E-state index < -0.39 is 12.3 Å². The van der Waals surface area contributed by atoms with Gasteiger partial charge in [0.05, 0.1) is 13.4 Å². The summed E-state index contributed by atoms with van der Waals surface area (Å²) in [4.78, 5) is 9.00. The molecule has 0 aliphatic heterocycles. The van der Waals surface area contributed by atoms with Crippen LogP contribution in [0, 0.1) is 11.8 Å². The highest BCUT2D eigenvalue weighted by Crippen LogP contribution is 2.29. The minimum atomic E-state index is -4.70. The molecule has 0 amide bonds. The summed E-state index contributed by atoms with van der Waals surface area (Å²) >= 11 is 0. The van der Waals surface area contributed by atoms with E-state index in [1.807, 2.05) is 18.2 Å². The van der Waals surface area contributed by atoms with Crippen molar-refractivity contribution in [2.24, 2.45) is 0 Å². The molecule has 0 atom stereocenters. The minimum absolute atomic E-state index is 0.266. The molecule has 3 rings (SSSR count). The molecule has 2 aromatic carbocycles. The lowest BCUT2D eigenvalue weighted by molar-refractivity contribution is -0.274. The van der Waals surface area contributed by atoms with E-state index in [1.54, 1.807) is 13.4 Å². The molecule has 0 saturated carbocycles. The average Bonchev–Trinajstić information content (AvgIpc) is 2.66. The number of methoxy groups -OCH3 is 1. The number of alkyl halides is 3. The molecule has 30 heavy (non-hydrogen) atoms. The van der Waals surface area contributed by atoms with E-state index in [-0.39, 0.29) is 5.75 Å². The van der Waals surface area contributed by atoms with E-state index in [0.29, 0.717) is 5.56 Å². The number of benzene rings is 2. The largest absolute Gasteiger partial charge is 0.573 e. The maximum atomic E-state index is 12.2. The van der Waals surface area contributed by atoms with E-state index in [1.165, 1.54) is 24.3 Å². The molecule has 2 aromatic rings. The quantitative estimate of drug-likeness (QED) is 0.520. The molecule has 0 heterocycles. The van der Waals surface area contributed by atoms with Gasteiger partial charge >= 0.3 is 6.36 Å². The van der Waals surface area contributed by atoms with Crippen LogP contribution in [0.25, 0.3) is 11.6 Å². The summed E-state index contributed by atoms with van der Waals surface area (Å²) < 4.78 is 45.5. The van der Waals surface area contributed by atoms with Gasteiger partial charge in [-0.1, -0.05) is 30.1 Å². The summed E-state index contributed by atoms with van der Waals surface area (Å²) in [5.41, 5.74) is 4.65. The lowest BCUT2D eigenvalue weighted by Crippen LogP contribution is -2.16. The number of carboxylic acid groups (broad SMARTS) is 1. The molecule has 0 unspecified atom stereocenters. The number of allylic oxidation sites excluding steroid dienone is 2. The highest BCUT2D eigenvalue weighted by molar-refractivity contribution is 5.79. The number of carbonyl (C=O) groups is 1. The van der Waals surface area contributed by atoms with E-state index >= 15 is 0 Å². The zero-order valence-electron chi connectivity index (χ0n) is 16.3. The van der Waals surface area contributed by atoms with Crippen molar-refractivity contribution in [2.45, 2.75) is 19.7 Å². The molecular formula is C23H19F3O4. The third-order valence-corrected chi connectivity index (χ3v) is 3.73. The van der Waals surface area contributed by atoms with Gasteiger partial charge in [-0.05, 0) is 59.5 Å². The maximum Gasteiger partial charge on any atom is 0.573 e. The van der Waals surface area contributed by atoms with Crippen LogP contribution in [0.1, 0.15) is 35.6 Å². The van der Waals surface area contributed by atoms with Gasteiger partial charge in [0.2, 0.25) is 0 Å². The van der Waals surface area contributed by atoms with Gasteiger partial charge in [-0.3, -0.25) is 4.79 Å². The molecule has 0 radical (unpaired) electrons. The summed E-state index contributed by atoms with van der Waals surface area (Å²) in [6.45, 7) is 1.08. The van der Waals surface area contributed by atoms with E-state index in [0.717, 1.165) is 35.6 Å². The second-order valence-electron chi connectivity index (χ2n) is 6.13. The van der Waals surface area contributed by atoms with Gasteiger partial charge in [0, 0.05) is 18.1 Å². The molecule has 0 fully saturated rings. The molecule has 0 bridgehead atoms. The summed E-state index contributed by atoms with van der Waals surface area (Å²) in [6.07, 6.45) is 1.94. The van der Waals surface area contributed by atoms with E-state index in [9.17, 15) is 13.2 Å². The number of rotatable bonds is 2. The van der Waals surface area contributed by atoms with Gasteiger partial charge < -0.3 is 14.6 Å². The van der Waals surface area contributed by atoms with Gasteiger partial charge in [-0.2, -0.15) is 0 Å². The topological polar surface area (TPSA) is 55.8 Å². The van der Waals surface area contributed by atoms with E-state index in [4.69, 9.17) is 14.6 Å². The first kappa shape index (κ1) is 22.6. The van der Waals surface area contributed by atoms with Crippen LogP contribution in [0.15, 0.2) is 54.8 Å². The number of ether oxygens (including phenoxy) is 2. The smallest absolute Gasteiger partial charge is 0.504 e. The Morgan fingerprint density at radius 3 is 2.30 bits per heavy atom. The van der Waals surface area contributed by atoms with Crippen molar-refractivity contribution in [2.75, 3.05) is 7.11 Å². The van der Waals surface area contributed by atoms with Crippen molar-refractivity contribution in [3.8, 4) is 17.6 Å². The number of fused-ring (bicyclic) bond motifs is 1. The van der Waals surface area contributed by atoms with Gasteiger partial charge in [0.25, 0.3) is 5.97 Å². The van der Waals surface area contributed by atoms with Crippen molar-refractivity contribution < 1.29 is 32.5 Å². The Morgan fingerprint density at radius 2 is 1.70 bits per heavy atom. The van der Waals surface area contributed by atoms with Gasteiger partial charge in [-0.15, -0.1) is 13.2 Å². The first-order valence-corrected chi connectivity index (χ1v) is 8.78. The number of halogens is 3. The number of carboxylic acids is 1. The van der Waals surface area contributed by atoms with E-state index in [2.05, 4.69) is 28.7 Å². The Kier molecular flexibility index (Phi) is 7.70. The van der Waals surface area contributed by atoms with Crippen molar-refractivity contribution in [3.63, 3.8) is 0 Å². The van der Waals surface area contributed by atoms with Crippen LogP contribution >= 0.6 is 0 Å². The fourth-order valence-corrected chi connectivity index (χ4v) is 2.62. The zero-order valence-corrected chi connectivity index (χ0v) is 16.3. The lowest BCUT2D eigenvalue weighted by Gasteiger charge is -2.14. The molecule has 1 aliphatic rings. The van der Waals surface area contributed by atoms with Gasteiger partial charge in [-0.25, -0.2) is 0 Å². The fraction of sp³-hybridized carbons (Fsp3) is 0.174. The van der Waals surface area contributed by atoms with Crippen LogP contribution < -0.4 is 4.74 Å². The predicted molar refractivity (Wildman–Crippen MR) is 107 cm³/mol. The van der Waals surface area contributed by atoms with Crippen molar-refractivity contribution >= 4 is 17.6 Å². The van der Waals surface area contributed by atoms with Crippen LogP contribution in [0.4, 0.5) is 13.2 Å². The second-order valence-corrected chi connectivity index (χ2v) is 6.13. The number of hydrogen-bond acceptors (Lipinski definition) is 3. The molecular weight excluding hydrogens is 397 g/mol. The molecule has 7 heteroatoms. The highest BCUT2D eigenvalue weighted by atomic mass is 19.4. The van der Waals surface area contributed by atoms with Crippen molar-refractivity contribution in [1.29, 1.82) is 0 Å². The third-order valence-electron chi connectivity index (χ3n) is 3.73. The molecule has 1 aliphatic carbocycles. The Balaban J connectivity index is 0.000000735. The number of aliphatic carboxylic acids is 1. The van der Waals surface area contributed by atoms with Crippen LogP contribution in [0.5, 0.6) is 5.75 Å². The van der Waals surface area contributed by atoms with Crippen LogP contribution in [0.2, 0.25) is 0 Å². The molecule has 1 N–H and O–H groups in total. The highest BCUT2D eigenvalue weighted by Gasteiger charge is 2.30.